The van der Waals surface area contributed by atoms with Crippen molar-refractivity contribution < 1.29 is 17.5 Å². The molecule has 1 N–H and O–H groups in total. The normalized spacial score (nSPS) is 13.3. The molecule has 1 aliphatic rings. The quantitative estimate of drug-likeness (QED) is 0.452. The summed E-state index contributed by atoms with van der Waals surface area (Å²) in [6, 6.07) is 9.73. The van der Waals surface area contributed by atoms with Crippen LogP contribution in [0.5, 0.6) is 5.75 Å². The minimum Gasteiger partial charge on any atom is -0.493 e. The number of rotatable bonds is 6. The molecule has 34 heavy (non-hydrogen) atoms. The number of hydrogen-bond donors (Lipinski definition) is 1. The molecule has 3 heterocycles. The smallest absolute Gasteiger partial charge is 0.242 e. The van der Waals surface area contributed by atoms with E-state index in [0.29, 0.717) is 30.2 Å². The highest BCUT2D eigenvalue weighted by Gasteiger charge is 2.21. The average molecular weight is 482 g/mol. The molecule has 2 aromatic carbocycles. The third-order valence-corrected chi connectivity index (χ3v) is 7.75. The molecule has 0 radical (unpaired) electrons. The third kappa shape index (κ3) is 3.78. The number of halogens is 1. The Morgan fingerprint density at radius 3 is 2.68 bits per heavy atom. The molecule has 0 unspecified atom stereocenters. The van der Waals surface area contributed by atoms with E-state index in [2.05, 4.69) is 15.3 Å². The fourth-order valence-electron chi connectivity index (χ4n) is 4.12. The lowest BCUT2D eigenvalue weighted by molar-refractivity contribution is 0.356. The lowest BCUT2D eigenvalue weighted by atomic mass is 10.0. The van der Waals surface area contributed by atoms with Gasteiger partial charge in [-0.05, 0) is 36.8 Å². The number of fused-ring (bicyclic) bond motifs is 2. The number of aromatic nitrogens is 3. The molecule has 0 amide bonds. The molecule has 176 valence electrons. The van der Waals surface area contributed by atoms with E-state index in [0.717, 1.165) is 28.1 Å². The maximum atomic E-state index is 14.5. The summed E-state index contributed by atoms with van der Waals surface area (Å²) in [5.41, 5.74) is 4.46. The second kappa shape index (κ2) is 8.37. The first-order valence-corrected chi connectivity index (χ1v) is 12.2. The predicted molar refractivity (Wildman–Crippen MR) is 127 cm³/mol. The van der Waals surface area contributed by atoms with Crippen molar-refractivity contribution in [3.05, 3.63) is 71.4 Å². The summed E-state index contributed by atoms with van der Waals surface area (Å²) in [6.07, 6.45) is 4.22. The molecule has 10 heteroatoms. The van der Waals surface area contributed by atoms with E-state index in [9.17, 15) is 12.8 Å². The van der Waals surface area contributed by atoms with Gasteiger partial charge in [0.2, 0.25) is 16.0 Å². The zero-order chi connectivity index (χ0) is 24.0. The van der Waals surface area contributed by atoms with Crippen molar-refractivity contribution in [2.24, 2.45) is 0 Å². The van der Waals surface area contributed by atoms with Crippen LogP contribution in [0.1, 0.15) is 16.8 Å². The Bertz CT molecular complexity index is 1500. The van der Waals surface area contributed by atoms with Crippen LogP contribution >= 0.6 is 0 Å². The molecule has 2 aromatic heterocycles. The summed E-state index contributed by atoms with van der Waals surface area (Å²) in [6.45, 7) is 2.70. The topological polar surface area (TPSA) is 88.8 Å². The molecule has 5 rings (SSSR count). The van der Waals surface area contributed by atoms with Crippen molar-refractivity contribution in [1.82, 2.24) is 18.7 Å². The van der Waals surface area contributed by atoms with Crippen molar-refractivity contribution in [2.75, 3.05) is 26.0 Å². The van der Waals surface area contributed by atoms with Crippen molar-refractivity contribution in [3.63, 3.8) is 0 Å². The van der Waals surface area contributed by atoms with E-state index in [1.807, 2.05) is 17.5 Å². The number of hydrogen-bond acceptors (Lipinski definition) is 6. The zero-order valence-corrected chi connectivity index (χ0v) is 19.9. The van der Waals surface area contributed by atoms with Crippen molar-refractivity contribution in [1.29, 1.82) is 0 Å². The SMILES string of the molecule is Cc1cn2c(NCc3c(F)ccc4c3CCO4)ncc(-c3ccc(S(=O)(=O)N(C)C)cc3)c2n1. The monoisotopic (exact) mass is 481 g/mol. The average Bonchev–Trinajstić information content (AvgIpc) is 3.44. The van der Waals surface area contributed by atoms with Gasteiger partial charge >= 0.3 is 0 Å². The fraction of sp³-hybridized carbons (Fsp3) is 0.250. The van der Waals surface area contributed by atoms with Gasteiger partial charge in [0.05, 0.1) is 17.2 Å². The lowest BCUT2D eigenvalue weighted by Gasteiger charge is -2.14. The predicted octanol–water partition coefficient (Wildman–Crippen LogP) is 3.64. The highest BCUT2D eigenvalue weighted by atomic mass is 32.2. The molecule has 1 aliphatic heterocycles. The van der Waals surface area contributed by atoms with Gasteiger partial charge in [0.15, 0.2) is 0 Å². The van der Waals surface area contributed by atoms with E-state index in [1.54, 1.807) is 36.5 Å². The van der Waals surface area contributed by atoms with Gasteiger partial charge < -0.3 is 10.1 Å². The summed E-state index contributed by atoms with van der Waals surface area (Å²) in [4.78, 5) is 9.42. The molecule has 0 atom stereocenters. The molecule has 4 aromatic rings. The standard InChI is InChI=1S/C24H24FN5O3S/c1-15-14-30-23(28-15)19(16-4-6-17(7-5-16)34(31,32)29(2)3)12-26-24(30)27-13-20-18-10-11-33-22(18)9-8-21(20)25/h4-9,12,14H,10-11,13H2,1-3H3,(H,26,27). The van der Waals surface area contributed by atoms with Crippen LogP contribution < -0.4 is 10.1 Å². The maximum absolute atomic E-state index is 14.5. The Morgan fingerprint density at radius 2 is 1.94 bits per heavy atom. The highest BCUT2D eigenvalue weighted by molar-refractivity contribution is 7.89. The summed E-state index contributed by atoms with van der Waals surface area (Å²) in [5.74, 6) is 0.978. The van der Waals surface area contributed by atoms with Crippen molar-refractivity contribution >= 4 is 21.6 Å². The van der Waals surface area contributed by atoms with Crippen LogP contribution in [0.25, 0.3) is 16.8 Å². The number of sulfonamides is 1. The van der Waals surface area contributed by atoms with Gasteiger partial charge in [0.1, 0.15) is 17.2 Å². The van der Waals surface area contributed by atoms with Crippen molar-refractivity contribution in [3.8, 4) is 16.9 Å². The Labute approximate surface area is 197 Å². The van der Waals surface area contributed by atoms with E-state index >= 15 is 0 Å². The third-order valence-electron chi connectivity index (χ3n) is 5.92. The summed E-state index contributed by atoms with van der Waals surface area (Å²) in [7, 11) is -0.519. The number of nitrogens with one attached hydrogen (secondary N) is 1. The summed E-state index contributed by atoms with van der Waals surface area (Å²) in [5, 5.41) is 3.24. The van der Waals surface area contributed by atoms with E-state index in [1.165, 1.54) is 24.5 Å². The van der Waals surface area contributed by atoms with Crippen LogP contribution in [-0.4, -0.2) is 47.8 Å². The second-order valence-corrected chi connectivity index (χ2v) is 10.5. The second-order valence-electron chi connectivity index (χ2n) is 8.34. The first kappa shape index (κ1) is 22.3. The Kier molecular flexibility index (Phi) is 5.49. The van der Waals surface area contributed by atoms with Crippen LogP contribution in [0.15, 0.2) is 53.7 Å². The molecule has 0 aliphatic carbocycles. The van der Waals surface area contributed by atoms with Gasteiger partial charge in [-0.25, -0.2) is 27.1 Å². The highest BCUT2D eigenvalue weighted by Crippen LogP contribution is 2.31. The Hall–Kier alpha value is -3.50. The van der Waals surface area contributed by atoms with Gasteiger partial charge in [0, 0.05) is 56.1 Å². The van der Waals surface area contributed by atoms with Crippen LogP contribution in [0.4, 0.5) is 10.3 Å². The van der Waals surface area contributed by atoms with E-state index in [4.69, 9.17) is 4.74 Å². The minimum absolute atomic E-state index is 0.212. The van der Waals surface area contributed by atoms with Crippen LogP contribution in [0.3, 0.4) is 0 Å². The molecular formula is C24H24FN5O3S. The molecular weight excluding hydrogens is 457 g/mol. The first-order chi connectivity index (χ1) is 16.3. The molecule has 0 bridgehead atoms. The number of aryl methyl sites for hydroxylation is 1. The van der Waals surface area contributed by atoms with E-state index in [-0.39, 0.29) is 17.3 Å². The number of anilines is 1. The van der Waals surface area contributed by atoms with Gasteiger partial charge in [-0.1, -0.05) is 12.1 Å². The number of nitrogens with zero attached hydrogens (tertiary/aromatic N) is 4. The summed E-state index contributed by atoms with van der Waals surface area (Å²) >= 11 is 0. The first-order valence-electron chi connectivity index (χ1n) is 10.8. The fourth-order valence-corrected chi connectivity index (χ4v) is 5.02. The molecule has 0 spiro atoms. The van der Waals surface area contributed by atoms with Crippen molar-refractivity contribution in [2.45, 2.75) is 24.8 Å². The molecule has 0 fully saturated rings. The lowest BCUT2D eigenvalue weighted by Crippen LogP contribution is -2.22. The minimum atomic E-state index is -3.52. The van der Waals surface area contributed by atoms with Gasteiger partial charge in [-0.3, -0.25) is 4.40 Å². The van der Waals surface area contributed by atoms with Crippen LogP contribution in [0, 0.1) is 12.7 Å². The molecule has 0 saturated carbocycles. The maximum Gasteiger partial charge on any atom is 0.242 e. The molecule has 0 saturated heterocycles. The largest absolute Gasteiger partial charge is 0.493 e. The summed E-state index contributed by atoms with van der Waals surface area (Å²) < 4.78 is 47.9. The Balaban J connectivity index is 1.48. The van der Waals surface area contributed by atoms with E-state index < -0.39 is 10.0 Å². The number of benzene rings is 2. The van der Waals surface area contributed by atoms with Crippen LogP contribution in [-0.2, 0) is 23.0 Å². The van der Waals surface area contributed by atoms with Gasteiger partial charge in [0.25, 0.3) is 0 Å². The zero-order valence-electron chi connectivity index (χ0n) is 19.0. The number of imidazole rings is 1. The van der Waals surface area contributed by atoms with Crippen LogP contribution in [0.2, 0.25) is 0 Å². The number of ether oxygens (including phenoxy) is 1. The van der Waals surface area contributed by atoms with Gasteiger partial charge in [-0.2, -0.15) is 0 Å². The van der Waals surface area contributed by atoms with Gasteiger partial charge in [-0.15, -0.1) is 0 Å². The Morgan fingerprint density at radius 1 is 1.18 bits per heavy atom. The molecule has 8 nitrogen and oxygen atoms in total.